The molecule has 0 saturated heterocycles. The van der Waals surface area contributed by atoms with E-state index in [0.29, 0.717) is 0 Å². The zero-order valence-corrected chi connectivity index (χ0v) is 8.58. The number of rotatable bonds is 1. The normalized spacial score (nSPS) is 10.3. The van der Waals surface area contributed by atoms with E-state index in [1.807, 2.05) is 6.07 Å². The van der Waals surface area contributed by atoms with Crippen molar-refractivity contribution >= 4 is 27.0 Å². The van der Waals surface area contributed by atoms with Crippen LogP contribution in [0, 0.1) is 0 Å². The molecule has 3 nitrogen and oxygen atoms in total. The molecule has 0 atom stereocenters. The van der Waals surface area contributed by atoms with Gasteiger partial charge < -0.3 is 4.74 Å². The molecular formula is C9H7BrN2O. The number of pyridine rings is 2. The molecule has 0 amide bonds. The first-order valence-electron chi connectivity index (χ1n) is 3.75. The van der Waals surface area contributed by atoms with Crippen LogP contribution in [0.3, 0.4) is 0 Å². The Hall–Kier alpha value is -1.16. The van der Waals surface area contributed by atoms with Crippen molar-refractivity contribution in [1.29, 1.82) is 0 Å². The molecule has 0 aliphatic carbocycles. The second-order valence-corrected chi connectivity index (χ2v) is 3.45. The highest BCUT2D eigenvalue weighted by atomic mass is 79.9. The van der Waals surface area contributed by atoms with Gasteiger partial charge >= 0.3 is 0 Å². The number of fused-ring (bicyclic) bond motifs is 1. The van der Waals surface area contributed by atoms with Crippen LogP contribution in [0.15, 0.2) is 29.0 Å². The number of nitrogens with zero attached hydrogens (tertiary/aromatic N) is 2. The zero-order chi connectivity index (χ0) is 9.26. The van der Waals surface area contributed by atoms with Crippen LogP contribution in [0.2, 0.25) is 0 Å². The highest BCUT2D eigenvalue weighted by Crippen LogP contribution is 2.23. The Morgan fingerprint density at radius 3 is 3.00 bits per heavy atom. The largest absolute Gasteiger partial charge is 0.494 e. The predicted octanol–water partition coefficient (Wildman–Crippen LogP) is 2.40. The molecule has 2 aromatic rings. The molecule has 2 aromatic heterocycles. The third-order valence-corrected chi connectivity index (χ3v) is 2.16. The van der Waals surface area contributed by atoms with Gasteiger partial charge in [-0.15, -0.1) is 0 Å². The first-order valence-corrected chi connectivity index (χ1v) is 4.55. The summed E-state index contributed by atoms with van der Waals surface area (Å²) in [5, 5.41) is 0. The van der Waals surface area contributed by atoms with Gasteiger partial charge in [-0.1, -0.05) is 0 Å². The molecule has 0 aliphatic rings. The summed E-state index contributed by atoms with van der Waals surface area (Å²) in [6, 6.07) is 3.70. The van der Waals surface area contributed by atoms with Crippen molar-refractivity contribution in [2.45, 2.75) is 0 Å². The summed E-state index contributed by atoms with van der Waals surface area (Å²) in [5.41, 5.74) is 1.61. The highest BCUT2D eigenvalue weighted by molar-refractivity contribution is 9.10. The first-order chi connectivity index (χ1) is 6.31. The van der Waals surface area contributed by atoms with E-state index in [0.717, 1.165) is 21.3 Å². The lowest BCUT2D eigenvalue weighted by atomic mass is 10.3. The van der Waals surface area contributed by atoms with Gasteiger partial charge in [0.2, 0.25) is 0 Å². The van der Waals surface area contributed by atoms with Gasteiger partial charge in [0.05, 0.1) is 12.6 Å². The number of hydrogen-bond acceptors (Lipinski definition) is 3. The van der Waals surface area contributed by atoms with Crippen LogP contribution in [0.5, 0.6) is 5.75 Å². The van der Waals surface area contributed by atoms with E-state index in [9.17, 15) is 0 Å². The standard InChI is InChI=1S/C9H7BrN2O/c1-13-8-2-3-11-7-4-6(10)5-12-9(7)8/h2-5H,1H3. The monoisotopic (exact) mass is 238 g/mol. The molecule has 0 N–H and O–H groups in total. The van der Waals surface area contributed by atoms with E-state index in [2.05, 4.69) is 25.9 Å². The molecular weight excluding hydrogens is 232 g/mol. The molecule has 0 saturated carbocycles. The Bertz CT molecular complexity index is 445. The van der Waals surface area contributed by atoms with Crippen LogP contribution in [-0.2, 0) is 0 Å². The number of hydrogen-bond donors (Lipinski definition) is 0. The van der Waals surface area contributed by atoms with Crippen molar-refractivity contribution < 1.29 is 4.74 Å². The first kappa shape index (κ1) is 8.44. The topological polar surface area (TPSA) is 35.0 Å². The van der Waals surface area contributed by atoms with E-state index < -0.39 is 0 Å². The van der Waals surface area contributed by atoms with Gasteiger partial charge in [-0.2, -0.15) is 0 Å². The molecule has 0 bridgehead atoms. The highest BCUT2D eigenvalue weighted by Gasteiger charge is 2.02. The van der Waals surface area contributed by atoms with E-state index in [1.54, 1.807) is 25.6 Å². The summed E-state index contributed by atoms with van der Waals surface area (Å²) in [6.45, 7) is 0. The maximum atomic E-state index is 5.15. The molecule has 13 heavy (non-hydrogen) atoms. The lowest BCUT2D eigenvalue weighted by Gasteiger charge is -2.02. The fourth-order valence-corrected chi connectivity index (χ4v) is 1.46. The maximum absolute atomic E-state index is 5.15. The van der Waals surface area contributed by atoms with Gasteiger partial charge in [-0.05, 0) is 22.0 Å². The predicted molar refractivity (Wildman–Crippen MR) is 53.8 cm³/mol. The van der Waals surface area contributed by atoms with Gasteiger partial charge in [0.15, 0.2) is 0 Å². The van der Waals surface area contributed by atoms with Crippen molar-refractivity contribution in [3.63, 3.8) is 0 Å². The fourth-order valence-electron chi connectivity index (χ4n) is 1.15. The van der Waals surface area contributed by atoms with Crippen molar-refractivity contribution in [1.82, 2.24) is 9.97 Å². The Morgan fingerprint density at radius 1 is 1.38 bits per heavy atom. The van der Waals surface area contributed by atoms with Gasteiger partial charge in [-0.25, -0.2) is 4.98 Å². The van der Waals surface area contributed by atoms with Gasteiger partial charge in [0, 0.05) is 22.9 Å². The summed E-state index contributed by atoms with van der Waals surface area (Å²) >= 11 is 3.34. The minimum absolute atomic E-state index is 0.748. The molecule has 2 heterocycles. The second kappa shape index (κ2) is 3.30. The quantitative estimate of drug-likeness (QED) is 0.766. The second-order valence-electron chi connectivity index (χ2n) is 2.53. The molecule has 0 unspecified atom stereocenters. The molecule has 66 valence electrons. The van der Waals surface area contributed by atoms with E-state index >= 15 is 0 Å². The Kier molecular flexibility index (Phi) is 2.14. The van der Waals surface area contributed by atoms with Crippen LogP contribution in [0.4, 0.5) is 0 Å². The minimum atomic E-state index is 0.748. The minimum Gasteiger partial charge on any atom is -0.494 e. The van der Waals surface area contributed by atoms with Crippen LogP contribution in [-0.4, -0.2) is 17.1 Å². The lowest BCUT2D eigenvalue weighted by Crippen LogP contribution is -1.89. The van der Waals surface area contributed by atoms with Crippen LogP contribution < -0.4 is 4.74 Å². The SMILES string of the molecule is COc1ccnc2cc(Br)cnc12. The number of halogens is 1. The lowest BCUT2D eigenvalue weighted by molar-refractivity contribution is 0.418. The van der Waals surface area contributed by atoms with E-state index in [-0.39, 0.29) is 0 Å². The molecule has 0 fully saturated rings. The zero-order valence-electron chi connectivity index (χ0n) is 6.99. The summed E-state index contributed by atoms with van der Waals surface area (Å²) in [5.74, 6) is 0.748. The molecule has 0 spiro atoms. The van der Waals surface area contributed by atoms with Gasteiger partial charge in [0.1, 0.15) is 11.3 Å². The number of aromatic nitrogens is 2. The van der Waals surface area contributed by atoms with Crippen molar-refractivity contribution in [3.05, 3.63) is 29.0 Å². The smallest absolute Gasteiger partial charge is 0.148 e. The fraction of sp³-hybridized carbons (Fsp3) is 0.111. The van der Waals surface area contributed by atoms with Crippen molar-refractivity contribution in [3.8, 4) is 5.75 Å². The third-order valence-electron chi connectivity index (χ3n) is 1.73. The average molecular weight is 239 g/mol. The Morgan fingerprint density at radius 2 is 2.23 bits per heavy atom. The molecule has 4 heteroatoms. The Balaban J connectivity index is 2.77. The summed E-state index contributed by atoms with van der Waals surface area (Å²) in [6.07, 6.45) is 3.43. The number of ether oxygens (including phenoxy) is 1. The molecule has 0 aromatic carbocycles. The molecule has 2 rings (SSSR count). The van der Waals surface area contributed by atoms with Gasteiger partial charge in [-0.3, -0.25) is 4.98 Å². The van der Waals surface area contributed by atoms with Gasteiger partial charge in [0.25, 0.3) is 0 Å². The summed E-state index contributed by atoms with van der Waals surface area (Å²) in [4.78, 5) is 8.40. The Labute approximate surface area is 83.9 Å². The van der Waals surface area contributed by atoms with Crippen LogP contribution in [0.1, 0.15) is 0 Å². The third kappa shape index (κ3) is 1.49. The van der Waals surface area contributed by atoms with Crippen LogP contribution in [0.25, 0.3) is 11.0 Å². The molecule has 0 aliphatic heterocycles. The van der Waals surface area contributed by atoms with E-state index in [1.165, 1.54) is 0 Å². The van der Waals surface area contributed by atoms with Crippen LogP contribution >= 0.6 is 15.9 Å². The van der Waals surface area contributed by atoms with Crippen molar-refractivity contribution in [2.75, 3.05) is 7.11 Å². The van der Waals surface area contributed by atoms with E-state index in [4.69, 9.17) is 4.74 Å². The number of methoxy groups -OCH3 is 1. The average Bonchev–Trinajstić information content (AvgIpc) is 2.16. The summed E-state index contributed by atoms with van der Waals surface area (Å²) in [7, 11) is 1.62. The van der Waals surface area contributed by atoms with Crippen molar-refractivity contribution in [2.24, 2.45) is 0 Å². The maximum Gasteiger partial charge on any atom is 0.148 e. The summed E-state index contributed by atoms with van der Waals surface area (Å²) < 4.78 is 6.07. The molecule has 0 radical (unpaired) electrons.